The van der Waals surface area contributed by atoms with Crippen LogP contribution in [0.4, 0.5) is 0 Å². The lowest BCUT2D eigenvalue weighted by atomic mass is 9.93. The zero-order chi connectivity index (χ0) is 11.1. The van der Waals surface area contributed by atoms with Crippen LogP contribution in [0, 0.1) is 0 Å². The molecule has 1 unspecified atom stereocenters. The average Bonchev–Trinajstić information content (AvgIpc) is 2.31. The number of nitrogens with two attached hydrogens (primary N) is 1. The van der Waals surface area contributed by atoms with E-state index in [0.29, 0.717) is 6.04 Å². The van der Waals surface area contributed by atoms with E-state index in [4.69, 9.17) is 5.73 Å². The van der Waals surface area contributed by atoms with Gasteiger partial charge in [-0.1, -0.05) is 25.5 Å². The molecule has 15 heavy (non-hydrogen) atoms. The van der Waals surface area contributed by atoms with Crippen molar-refractivity contribution in [3.8, 4) is 0 Å². The van der Waals surface area contributed by atoms with Gasteiger partial charge < -0.3 is 10.6 Å². The molecule has 0 heterocycles. The molecule has 1 aliphatic carbocycles. The summed E-state index contributed by atoms with van der Waals surface area (Å²) in [6, 6.07) is 0.311. The average molecular weight is 210 g/mol. The van der Waals surface area contributed by atoms with E-state index in [1.807, 2.05) is 0 Å². The van der Waals surface area contributed by atoms with Gasteiger partial charge in [-0.05, 0) is 51.7 Å². The number of nitrogens with zero attached hydrogens (tertiary/aromatic N) is 1. The lowest BCUT2D eigenvalue weighted by Crippen LogP contribution is -2.32. The molecule has 1 aliphatic rings. The molecule has 2 heteroatoms. The van der Waals surface area contributed by atoms with E-state index >= 15 is 0 Å². The van der Waals surface area contributed by atoms with Gasteiger partial charge in [0.25, 0.3) is 0 Å². The molecule has 0 fully saturated rings. The first-order chi connectivity index (χ1) is 7.27. The van der Waals surface area contributed by atoms with Crippen LogP contribution in [-0.4, -0.2) is 30.6 Å². The van der Waals surface area contributed by atoms with Crippen molar-refractivity contribution in [1.82, 2.24) is 4.90 Å². The van der Waals surface area contributed by atoms with Gasteiger partial charge in [0.1, 0.15) is 0 Å². The highest BCUT2D eigenvalue weighted by Gasteiger charge is 2.12. The van der Waals surface area contributed by atoms with Crippen molar-refractivity contribution < 1.29 is 0 Å². The molecule has 2 N–H and O–H groups in total. The summed E-state index contributed by atoms with van der Waals surface area (Å²) < 4.78 is 0. The fraction of sp³-hybridized carbons (Fsp3) is 0.846. The first-order valence-electron chi connectivity index (χ1n) is 6.44. The van der Waals surface area contributed by atoms with Crippen molar-refractivity contribution in [2.24, 2.45) is 5.73 Å². The van der Waals surface area contributed by atoms with Crippen molar-refractivity contribution >= 4 is 0 Å². The third-order valence-corrected chi connectivity index (χ3v) is 3.45. The summed E-state index contributed by atoms with van der Waals surface area (Å²) in [6.07, 6.45) is 8.66. The molecule has 0 aromatic carbocycles. The second kappa shape index (κ2) is 7.02. The topological polar surface area (TPSA) is 29.3 Å². The van der Waals surface area contributed by atoms with Crippen LogP contribution in [0.15, 0.2) is 11.6 Å². The standard InChI is InChI=1S/C13H26N2/c1-3-15(4-2)11-10-13(14)12-8-6-5-7-9-12/h8,13H,3-7,9-11,14H2,1-2H3. The van der Waals surface area contributed by atoms with Gasteiger partial charge in [-0.3, -0.25) is 0 Å². The monoisotopic (exact) mass is 210 g/mol. The molecule has 2 nitrogen and oxygen atoms in total. The Kier molecular flexibility index (Phi) is 5.96. The molecular weight excluding hydrogens is 184 g/mol. The zero-order valence-electron chi connectivity index (χ0n) is 10.3. The van der Waals surface area contributed by atoms with Crippen molar-refractivity contribution in [3.63, 3.8) is 0 Å². The van der Waals surface area contributed by atoms with Gasteiger partial charge in [-0.15, -0.1) is 0 Å². The molecule has 0 spiro atoms. The Balaban J connectivity index is 2.28. The van der Waals surface area contributed by atoms with Gasteiger partial charge in [-0.2, -0.15) is 0 Å². The maximum Gasteiger partial charge on any atom is 0.0265 e. The molecule has 88 valence electrons. The second-order valence-corrected chi connectivity index (χ2v) is 4.45. The fourth-order valence-electron chi connectivity index (χ4n) is 2.25. The zero-order valence-corrected chi connectivity index (χ0v) is 10.3. The smallest absolute Gasteiger partial charge is 0.0265 e. The normalized spacial score (nSPS) is 19.1. The second-order valence-electron chi connectivity index (χ2n) is 4.45. The largest absolute Gasteiger partial charge is 0.324 e. The van der Waals surface area contributed by atoms with Crippen LogP contribution in [-0.2, 0) is 0 Å². The van der Waals surface area contributed by atoms with Gasteiger partial charge >= 0.3 is 0 Å². The summed E-state index contributed by atoms with van der Waals surface area (Å²) in [4.78, 5) is 2.45. The predicted octanol–water partition coefficient (Wildman–Crippen LogP) is 2.55. The van der Waals surface area contributed by atoms with Crippen LogP contribution in [0.2, 0.25) is 0 Å². The Bertz CT molecular complexity index is 195. The maximum atomic E-state index is 6.21. The predicted molar refractivity (Wildman–Crippen MR) is 66.9 cm³/mol. The molecule has 0 bridgehead atoms. The van der Waals surface area contributed by atoms with E-state index in [2.05, 4.69) is 24.8 Å². The SMILES string of the molecule is CCN(CC)CCC(N)C1=CCCCC1. The summed E-state index contributed by atoms with van der Waals surface area (Å²) in [5, 5.41) is 0. The Hall–Kier alpha value is -0.340. The molecule has 0 amide bonds. The minimum atomic E-state index is 0.311. The van der Waals surface area contributed by atoms with Crippen molar-refractivity contribution in [3.05, 3.63) is 11.6 Å². The molecule has 0 aromatic heterocycles. The summed E-state index contributed by atoms with van der Waals surface area (Å²) in [5.41, 5.74) is 7.72. The molecule has 1 rings (SSSR count). The number of hydrogen-bond donors (Lipinski definition) is 1. The molecule has 0 saturated heterocycles. The minimum Gasteiger partial charge on any atom is -0.324 e. The highest BCUT2D eigenvalue weighted by Crippen LogP contribution is 2.20. The van der Waals surface area contributed by atoms with Crippen molar-refractivity contribution in [2.45, 2.75) is 52.0 Å². The molecular formula is C13H26N2. The highest BCUT2D eigenvalue weighted by molar-refractivity contribution is 5.12. The summed E-state index contributed by atoms with van der Waals surface area (Å²) in [6.45, 7) is 7.86. The Morgan fingerprint density at radius 2 is 2.07 bits per heavy atom. The Labute approximate surface area is 94.5 Å². The van der Waals surface area contributed by atoms with Crippen molar-refractivity contribution in [1.29, 1.82) is 0 Å². The van der Waals surface area contributed by atoms with Crippen LogP contribution in [0.1, 0.15) is 46.0 Å². The molecule has 0 aliphatic heterocycles. The Morgan fingerprint density at radius 1 is 1.33 bits per heavy atom. The van der Waals surface area contributed by atoms with Crippen LogP contribution in [0.5, 0.6) is 0 Å². The van der Waals surface area contributed by atoms with E-state index in [1.165, 1.54) is 31.3 Å². The third kappa shape index (κ3) is 4.35. The fourth-order valence-corrected chi connectivity index (χ4v) is 2.25. The maximum absolute atomic E-state index is 6.21. The summed E-state index contributed by atoms with van der Waals surface area (Å²) in [7, 11) is 0. The number of hydrogen-bond acceptors (Lipinski definition) is 2. The van der Waals surface area contributed by atoms with E-state index < -0.39 is 0 Å². The van der Waals surface area contributed by atoms with Crippen molar-refractivity contribution in [2.75, 3.05) is 19.6 Å². The van der Waals surface area contributed by atoms with Gasteiger partial charge in [0, 0.05) is 6.04 Å². The molecule has 0 saturated carbocycles. The lowest BCUT2D eigenvalue weighted by Gasteiger charge is -2.23. The van der Waals surface area contributed by atoms with E-state index in [1.54, 1.807) is 0 Å². The quantitative estimate of drug-likeness (QED) is 0.683. The van der Waals surface area contributed by atoms with Crippen LogP contribution >= 0.6 is 0 Å². The number of allylic oxidation sites excluding steroid dienone is 1. The molecule has 1 atom stereocenters. The van der Waals surface area contributed by atoms with Crippen LogP contribution in [0.3, 0.4) is 0 Å². The van der Waals surface area contributed by atoms with Gasteiger partial charge in [-0.25, -0.2) is 0 Å². The van der Waals surface area contributed by atoms with Gasteiger partial charge in [0.2, 0.25) is 0 Å². The van der Waals surface area contributed by atoms with Gasteiger partial charge in [0.15, 0.2) is 0 Å². The first-order valence-corrected chi connectivity index (χ1v) is 6.44. The highest BCUT2D eigenvalue weighted by atomic mass is 15.1. The van der Waals surface area contributed by atoms with Gasteiger partial charge in [0.05, 0.1) is 0 Å². The third-order valence-electron chi connectivity index (χ3n) is 3.45. The first kappa shape index (κ1) is 12.7. The van der Waals surface area contributed by atoms with E-state index in [-0.39, 0.29) is 0 Å². The van der Waals surface area contributed by atoms with E-state index in [9.17, 15) is 0 Å². The summed E-state index contributed by atoms with van der Waals surface area (Å²) >= 11 is 0. The Morgan fingerprint density at radius 3 is 2.60 bits per heavy atom. The van der Waals surface area contributed by atoms with E-state index in [0.717, 1.165) is 26.1 Å². The van der Waals surface area contributed by atoms with Crippen LogP contribution in [0.25, 0.3) is 0 Å². The molecule has 0 radical (unpaired) electrons. The number of rotatable bonds is 6. The molecule has 0 aromatic rings. The lowest BCUT2D eigenvalue weighted by molar-refractivity contribution is 0.293. The van der Waals surface area contributed by atoms with Crippen LogP contribution < -0.4 is 5.73 Å². The minimum absolute atomic E-state index is 0.311. The summed E-state index contributed by atoms with van der Waals surface area (Å²) in [5.74, 6) is 0.